The van der Waals surface area contributed by atoms with Crippen LogP contribution in [0.3, 0.4) is 0 Å². The molecule has 0 aliphatic carbocycles. The van der Waals surface area contributed by atoms with E-state index in [4.69, 9.17) is 14.2 Å². The number of methoxy groups -OCH3 is 1. The molecule has 4 rings (SSSR count). The van der Waals surface area contributed by atoms with Gasteiger partial charge in [0, 0.05) is 6.07 Å². The number of rotatable bonds is 6. The van der Waals surface area contributed by atoms with Crippen LogP contribution in [0.25, 0.3) is 6.08 Å². The lowest BCUT2D eigenvalue weighted by Gasteiger charge is -2.08. The third-order valence-electron chi connectivity index (χ3n) is 4.52. The molecule has 1 heterocycles. The second kappa shape index (κ2) is 8.48. The molecule has 0 aromatic heterocycles. The monoisotopic (exact) mass is 384 g/mol. The number of carbonyl (C=O) groups is 1. The molecule has 3 aromatic carbocycles. The van der Waals surface area contributed by atoms with E-state index in [-0.39, 0.29) is 5.78 Å². The third-order valence-corrected chi connectivity index (χ3v) is 4.52. The second-order valence-electron chi connectivity index (χ2n) is 6.53. The molecular formula is C25H20O4. The molecule has 1 aliphatic rings. The minimum atomic E-state index is -0.128. The highest BCUT2D eigenvalue weighted by Gasteiger charge is 2.27. The molecule has 144 valence electrons. The molecule has 0 atom stereocenters. The van der Waals surface area contributed by atoms with Gasteiger partial charge in [-0.15, -0.1) is 0 Å². The number of Topliss-reactive ketones (excluding diaryl/α,β-unsaturated/α-hetero) is 1. The van der Waals surface area contributed by atoms with E-state index >= 15 is 0 Å². The van der Waals surface area contributed by atoms with Crippen molar-refractivity contribution in [3.63, 3.8) is 0 Å². The van der Waals surface area contributed by atoms with Crippen molar-refractivity contribution < 1.29 is 19.0 Å². The first kappa shape index (κ1) is 18.6. The summed E-state index contributed by atoms with van der Waals surface area (Å²) < 4.78 is 16.8. The van der Waals surface area contributed by atoms with E-state index in [1.165, 1.54) is 0 Å². The predicted octanol–water partition coefficient (Wildman–Crippen LogP) is 5.45. The zero-order chi connectivity index (χ0) is 20.1. The fourth-order valence-corrected chi connectivity index (χ4v) is 3.01. The number of hydrogen-bond donors (Lipinski definition) is 0. The Morgan fingerprint density at radius 1 is 0.931 bits per heavy atom. The summed E-state index contributed by atoms with van der Waals surface area (Å²) in [5, 5.41) is 0. The lowest BCUT2D eigenvalue weighted by Crippen LogP contribution is -1.97. The van der Waals surface area contributed by atoms with Crippen molar-refractivity contribution in [1.82, 2.24) is 0 Å². The van der Waals surface area contributed by atoms with Gasteiger partial charge in [0.2, 0.25) is 5.78 Å². The summed E-state index contributed by atoms with van der Waals surface area (Å²) in [5.74, 6) is 2.11. The van der Waals surface area contributed by atoms with Crippen molar-refractivity contribution in [2.45, 2.75) is 6.61 Å². The summed E-state index contributed by atoms with van der Waals surface area (Å²) >= 11 is 0. The van der Waals surface area contributed by atoms with E-state index in [1.54, 1.807) is 31.4 Å². The smallest absolute Gasteiger partial charge is 0.231 e. The van der Waals surface area contributed by atoms with Crippen LogP contribution in [0, 0.1) is 0 Å². The van der Waals surface area contributed by atoms with E-state index in [0.717, 1.165) is 16.9 Å². The van der Waals surface area contributed by atoms with Crippen molar-refractivity contribution in [3.05, 3.63) is 107 Å². The zero-order valence-electron chi connectivity index (χ0n) is 16.0. The number of carbonyl (C=O) groups excluding carboxylic acids is 1. The molecule has 29 heavy (non-hydrogen) atoms. The van der Waals surface area contributed by atoms with Crippen LogP contribution < -0.4 is 14.2 Å². The van der Waals surface area contributed by atoms with Gasteiger partial charge in [0.05, 0.1) is 12.7 Å². The molecule has 0 spiro atoms. The molecule has 4 heteroatoms. The average Bonchev–Trinajstić information content (AvgIpc) is 3.08. The van der Waals surface area contributed by atoms with Crippen LogP contribution in [-0.4, -0.2) is 12.9 Å². The van der Waals surface area contributed by atoms with Crippen LogP contribution in [0.4, 0.5) is 0 Å². The molecule has 0 radical (unpaired) electrons. The van der Waals surface area contributed by atoms with Crippen molar-refractivity contribution >= 4 is 11.9 Å². The number of allylic oxidation sites excluding steroid dienone is 3. The summed E-state index contributed by atoms with van der Waals surface area (Å²) in [5.41, 5.74) is 2.59. The normalized spacial score (nSPS) is 14.1. The largest absolute Gasteiger partial charge is 0.497 e. The molecule has 1 aliphatic heterocycles. The van der Waals surface area contributed by atoms with Crippen molar-refractivity contribution in [2.75, 3.05) is 7.11 Å². The molecular weight excluding hydrogens is 364 g/mol. The van der Waals surface area contributed by atoms with Crippen LogP contribution in [0.2, 0.25) is 0 Å². The lowest BCUT2D eigenvalue weighted by molar-refractivity contribution is 0.101. The van der Waals surface area contributed by atoms with Gasteiger partial charge in [-0.1, -0.05) is 54.6 Å². The Hall–Kier alpha value is -3.79. The minimum Gasteiger partial charge on any atom is -0.497 e. The second-order valence-corrected chi connectivity index (χ2v) is 6.53. The van der Waals surface area contributed by atoms with Crippen LogP contribution in [0.5, 0.6) is 17.2 Å². The molecule has 3 aromatic rings. The minimum absolute atomic E-state index is 0.128. The Balaban J connectivity index is 1.44. The topological polar surface area (TPSA) is 44.8 Å². The zero-order valence-corrected chi connectivity index (χ0v) is 16.0. The van der Waals surface area contributed by atoms with Gasteiger partial charge in [-0.2, -0.15) is 0 Å². The highest BCUT2D eigenvalue weighted by Crippen LogP contribution is 2.34. The quantitative estimate of drug-likeness (QED) is 0.531. The SMILES string of the molecule is COc1cccc(COc2ccc3c(c2)OC(=CC=Cc2ccccc2)C3=O)c1. The maximum atomic E-state index is 12.5. The van der Waals surface area contributed by atoms with Crippen LogP contribution >= 0.6 is 0 Å². The summed E-state index contributed by atoms with van der Waals surface area (Å²) in [6.07, 6.45) is 5.43. The number of fused-ring (bicyclic) bond motifs is 1. The molecule has 0 saturated heterocycles. The van der Waals surface area contributed by atoms with E-state index in [2.05, 4.69) is 0 Å². The van der Waals surface area contributed by atoms with Gasteiger partial charge in [0.1, 0.15) is 23.9 Å². The first-order valence-corrected chi connectivity index (χ1v) is 9.29. The van der Waals surface area contributed by atoms with Crippen molar-refractivity contribution in [3.8, 4) is 17.2 Å². The average molecular weight is 384 g/mol. The molecule has 0 N–H and O–H groups in total. The maximum Gasteiger partial charge on any atom is 0.231 e. The number of hydrogen-bond acceptors (Lipinski definition) is 4. The highest BCUT2D eigenvalue weighted by molar-refractivity contribution is 6.12. The standard InChI is InChI=1S/C25H20O4/c1-27-20-11-5-10-19(15-20)17-28-21-13-14-22-24(16-21)29-23(25(22)26)12-6-9-18-7-3-2-4-8-18/h2-16H,17H2,1H3. The fourth-order valence-electron chi connectivity index (χ4n) is 3.01. The molecule has 0 fully saturated rings. The van der Waals surface area contributed by atoms with E-state index in [0.29, 0.717) is 29.4 Å². The van der Waals surface area contributed by atoms with Gasteiger partial charge < -0.3 is 14.2 Å². The molecule has 0 bridgehead atoms. The summed E-state index contributed by atoms with van der Waals surface area (Å²) in [6, 6.07) is 22.8. The first-order valence-electron chi connectivity index (χ1n) is 9.29. The summed E-state index contributed by atoms with van der Waals surface area (Å²) in [7, 11) is 1.63. The maximum absolute atomic E-state index is 12.5. The predicted molar refractivity (Wildman–Crippen MR) is 112 cm³/mol. The van der Waals surface area contributed by atoms with Gasteiger partial charge in [-0.3, -0.25) is 4.79 Å². The Labute approximate surface area is 169 Å². The molecule has 0 unspecified atom stereocenters. The van der Waals surface area contributed by atoms with Crippen LogP contribution in [0.1, 0.15) is 21.5 Å². The van der Waals surface area contributed by atoms with Crippen molar-refractivity contribution in [1.29, 1.82) is 0 Å². The number of ketones is 1. The third kappa shape index (κ3) is 4.38. The molecule has 4 nitrogen and oxygen atoms in total. The summed E-state index contributed by atoms with van der Waals surface area (Å²) in [4.78, 5) is 12.5. The van der Waals surface area contributed by atoms with Gasteiger partial charge in [-0.05, 0) is 41.5 Å². The van der Waals surface area contributed by atoms with Gasteiger partial charge in [-0.25, -0.2) is 0 Å². The Morgan fingerprint density at radius 3 is 2.62 bits per heavy atom. The summed E-state index contributed by atoms with van der Waals surface area (Å²) in [6.45, 7) is 0.395. The highest BCUT2D eigenvalue weighted by atomic mass is 16.5. The van der Waals surface area contributed by atoms with Gasteiger partial charge in [0.25, 0.3) is 0 Å². The number of ether oxygens (including phenoxy) is 3. The van der Waals surface area contributed by atoms with E-state index < -0.39 is 0 Å². The van der Waals surface area contributed by atoms with Crippen LogP contribution in [0.15, 0.2) is 90.7 Å². The van der Waals surface area contributed by atoms with Crippen LogP contribution in [-0.2, 0) is 6.61 Å². The Morgan fingerprint density at radius 2 is 1.79 bits per heavy atom. The Bertz CT molecular complexity index is 1080. The van der Waals surface area contributed by atoms with Gasteiger partial charge >= 0.3 is 0 Å². The molecule has 0 amide bonds. The first-order chi connectivity index (χ1) is 14.2. The molecule has 0 saturated carbocycles. The fraction of sp³-hybridized carbons (Fsp3) is 0.0800. The Kier molecular flexibility index (Phi) is 5.43. The van der Waals surface area contributed by atoms with E-state index in [9.17, 15) is 4.79 Å². The van der Waals surface area contributed by atoms with Crippen molar-refractivity contribution in [2.24, 2.45) is 0 Å². The van der Waals surface area contributed by atoms with Gasteiger partial charge in [0.15, 0.2) is 5.76 Å². The van der Waals surface area contributed by atoms with E-state index in [1.807, 2.05) is 66.7 Å². The lowest BCUT2D eigenvalue weighted by atomic mass is 10.1. The number of benzene rings is 3.